The quantitative estimate of drug-likeness (QED) is 0.136. The van der Waals surface area contributed by atoms with Crippen molar-refractivity contribution < 1.29 is 58.0 Å². The molecule has 28 heavy (non-hydrogen) atoms. The molecule has 0 rings (SSSR count). The first kappa shape index (κ1) is 32.7. The van der Waals surface area contributed by atoms with Crippen LogP contribution in [0.15, 0.2) is 11.6 Å². The van der Waals surface area contributed by atoms with Gasteiger partial charge in [0.25, 0.3) is 0 Å². The Labute approximate surface area is 196 Å². The molecule has 0 spiro atoms. The first-order valence-electron chi connectivity index (χ1n) is 10.3. The minimum Gasteiger partial charge on any atom is -1.00 e. The van der Waals surface area contributed by atoms with Crippen molar-refractivity contribution in [1.29, 1.82) is 0 Å². The molecule has 0 aromatic rings. The van der Waals surface area contributed by atoms with E-state index in [1.807, 2.05) is 13.0 Å². The number of esters is 1. The van der Waals surface area contributed by atoms with Crippen molar-refractivity contribution in [2.45, 2.75) is 104 Å². The number of unbranched alkanes of at least 4 members (excludes halogenated alkanes) is 11. The van der Waals surface area contributed by atoms with Gasteiger partial charge in [0.05, 0.1) is 6.61 Å². The molecule has 0 saturated heterocycles. The Balaban J connectivity index is -0.000000396. The third-order valence-corrected chi connectivity index (χ3v) is 4.06. The van der Waals surface area contributed by atoms with Gasteiger partial charge in [0.1, 0.15) is 0 Å². The molecule has 0 aromatic carbocycles. The molecular formula is C20H41NaO6S. The van der Waals surface area contributed by atoms with E-state index in [2.05, 4.69) is 13.8 Å². The van der Waals surface area contributed by atoms with Crippen LogP contribution in [-0.2, 0) is 19.9 Å². The zero-order valence-corrected chi connectivity index (χ0v) is 21.2. The number of rotatable bonds is 15. The fourth-order valence-electron chi connectivity index (χ4n) is 2.46. The summed E-state index contributed by atoms with van der Waals surface area (Å²) >= 11 is 0. The standard InChI is InChI=1S/C20H38O2.Na.H2O4S.H/c1-4-6-8-9-10-11-12-13-14-15-16-17-19(3)20(21)22-18-7-5-2;;1-5(2,3)4;/h17H,4-16,18H2,1-3H3;;(H2,1,2,3,4);/q;+1;;-1. The van der Waals surface area contributed by atoms with Crippen molar-refractivity contribution in [3.63, 3.8) is 0 Å². The number of carbonyl (C=O) groups is 1. The van der Waals surface area contributed by atoms with Crippen LogP contribution in [-0.4, -0.2) is 30.1 Å². The van der Waals surface area contributed by atoms with E-state index in [0.717, 1.165) is 24.8 Å². The van der Waals surface area contributed by atoms with E-state index >= 15 is 0 Å². The molecule has 0 amide bonds. The summed E-state index contributed by atoms with van der Waals surface area (Å²) in [5.41, 5.74) is 0.770. The normalized spacial score (nSPS) is 11.2. The monoisotopic (exact) mass is 432 g/mol. The van der Waals surface area contributed by atoms with Crippen LogP contribution in [0.25, 0.3) is 0 Å². The number of carbonyl (C=O) groups excluding carboxylic acids is 1. The minimum absolute atomic E-state index is 0. The summed E-state index contributed by atoms with van der Waals surface area (Å²) in [7, 11) is -4.67. The molecule has 0 aliphatic carbocycles. The summed E-state index contributed by atoms with van der Waals surface area (Å²) in [6, 6.07) is 0. The molecule has 0 saturated carbocycles. The zero-order chi connectivity index (χ0) is 21.0. The van der Waals surface area contributed by atoms with Crippen LogP contribution in [0.1, 0.15) is 106 Å². The SMILES string of the molecule is CCCCCCCCCCCCC=C(C)C(=O)OCCCC.O=S(=O)(O)O.[H-].[Na+]. The topological polar surface area (TPSA) is 101 Å². The number of hydrogen-bond acceptors (Lipinski definition) is 4. The van der Waals surface area contributed by atoms with Crippen LogP contribution in [0.2, 0.25) is 0 Å². The molecule has 0 bridgehead atoms. The van der Waals surface area contributed by atoms with Crippen LogP contribution < -0.4 is 29.6 Å². The van der Waals surface area contributed by atoms with E-state index in [0.29, 0.717) is 6.61 Å². The van der Waals surface area contributed by atoms with E-state index in [1.165, 1.54) is 64.2 Å². The maximum Gasteiger partial charge on any atom is 1.00 e. The Hall–Kier alpha value is 0.0800. The molecule has 164 valence electrons. The number of ether oxygens (including phenoxy) is 1. The molecule has 0 radical (unpaired) electrons. The average Bonchev–Trinajstić information content (AvgIpc) is 2.58. The van der Waals surface area contributed by atoms with Gasteiger partial charge in [-0.1, -0.05) is 84.1 Å². The average molecular weight is 433 g/mol. The van der Waals surface area contributed by atoms with E-state index in [4.69, 9.17) is 22.3 Å². The molecule has 0 heterocycles. The van der Waals surface area contributed by atoms with Gasteiger partial charge in [-0.25, -0.2) is 4.79 Å². The van der Waals surface area contributed by atoms with Crippen molar-refractivity contribution in [3.05, 3.63) is 11.6 Å². The van der Waals surface area contributed by atoms with Gasteiger partial charge in [0.15, 0.2) is 0 Å². The Bertz CT molecular complexity index is 475. The van der Waals surface area contributed by atoms with Crippen LogP contribution in [0.5, 0.6) is 0 Å². The molecule has 0 atom stereocenters. The Kier molecular flexibility index (Phi) is 27.3. The summed E-state index contributed by atoms with van der Waals surface area (Å²) in [4.78, 5) is 11.6. The Morgan fingerprint density at radius 1 is 0.857 bits per heavy atom. The molecule has 0 unspecified atom stereocenters. The van der Waals surface area contributed by atoms with E-state index in [1.54, 1.807) is 0 Å². The van der Waals surface area contributed by atoms with Crippen molar-refractivity contribution in [3.8, 4) is 0 Å². The minimum atomic E-state index is -4.67. The van der Waals surface area contributed by atoms with E-state index in [-0.39, 0.29) is 37.0 Å². The molecule has 0 aliphatic rings. The van der Waals surface area contributed by atoms with Crippen LogP contribution in [0.3, 0.4) is 0 Å². The largest absolute Gasteiger partial charge is 1.00 e. The molecule has 0 aromatic heterocycles. The fourth-order valence-corrected chi connectivity index (χ4v) is 2.46. The summed E-state index contributed by atoms with van der Waals surface area (Å²) < 4.78 is 36.8. The van der Waals surface area contributed by atoms with Crippen LogP contribution in [0.4, 0.5) is 0 Å². The summed E-state index contributed by atoms with van der Waals surface area (Å²) in [6.45, 7) is 6.78. The predicted molar refractivity (Wildman–Crippen MR) is 111 cm³/mol. The Morgan fingerprint density at radius 3 is 1.68 bits per heavy atom. The van der Waals surface area contributed by atoms with Gasteiger partial charge in [-0.05, 0) is 26.2 Å². The number of allylic oxidation sites excluding steroid dienone is 1. The summed E-state index contributed by atoms with van der Waals surface area (Å²) in [5.74, 6) is -0.138. The van der Waals surface area contributed by atoms with Crippen LogP contribution >= 0.6 is 0 Å². The van der Waals surface area contributed by atoms with Crippen molar-refractivity contribution in [2.24, 2.45) is 0 Å². The number of hydrogen-bond donors (Lipinski definition) is 2. The maximum atomic E-state index is 11.6. The second-order valence-corrected chi connectivity index (χ2v) is 7.69. The van der Waals surface area contributed by atoms with E-state index < -0.39 is 10.4 Å². The van der Waals surface area contributed by atoms with Gasteiger partial charge in [-0.2, -0.15) is 8.42 Å². The van der Waals surface area contributed by atoms with Gasteiger partial charge in [0, 0.05) is 5.57 Å². The molecule has 0 fully saturated rings. The first-order valence-corrected chi connectivity index (χ1v) is 11.7. The van der Waals surface area contributed by atoms with Crippen LogP contribution in [0, 0.1) is 0 Å². The molecule has 8 heteroatoms. The maximum absolute atomic E-state index is 11.6. The van der Waals surface area contributed by atoms with E-state index in [9.17, 15) is 4.79 Å². The molecule has 2 N–H and O–H groups in total. The first-order chi connectivity index (χ1) is 12.7. The zero-order valence-electron chi connectivity index (χ0n) is 19.4. The van der Waals surface area contributed by atoms with Gasteiger partial charge in [-0.15, -0.1) is 0 Å². The van der Waals surface area contributed by atoms with Crippen molar-refractivity contribution in [2.75, 3.05) is 6.61 Å². The molecule has 0 aliphatic heterocycles. The molecular weight excluding hydrogens is 391 g/mol. The van der Waals surface area contributed by atoms with Gasteiger partial charge < -0.3 is 6.16 Å². The Morgan fingerprint density at radius 2 is 1.25 bits per heavy atom. The van der Waals surface area contributed by atoms with Gasteiger partial charge in [0.2, 0.25) is 0 Å². The third-order valence-electron chi connectivity index (χ3n) is 4.06. The van der Waals surface area contributed by atoms with Gasteiger partial charge >= 0.3 is 45.9 Å². The second kappa shape index (κ2) is 23.4. The van der Waals surface area contributed by atoms with Gasteiger partial charge in [-0.3, -0.25) is 9.11 Å². The fraction of sp³-hybridized carbons (Fsp3) is 0.850. The predicted octanol–water partition coefficient (Wildman–Crippen LogP) is 3.05. The molecule has 6 nitrogen and oxygen atoms in total. The third kappa shape index (κ3) is 33.6. The van der Waals surface area contributed by atoms with Crippen molar-refractivity contribution in [1.82, 2.24) is 0 Å². The summed E-state index contributed by atoms with van der Waals surface area (Å²) in [6.07, 6.45) is 18.6. The van der Waals surface area contributed by atoms with Crippen molar-refractivity contribution >= 4 is 16.4 Å². The second-order valence-electron chi connectivity index (χ2n) is 6.80. The summed E-state index contributed by atoms with van der Waals surface area (Å²) in [5, 5.41) is 0. The smallest absolute Gasteiger partial charge is 1.00 e.